The van der Waals surface area contributed by atoms with Crippen LogP contribution in [0.2, 0.25) is 0 Å². The van der Waals surface area contributed by atoms with Gasteiger partial charge in [-0.1, -0.05) is 30.3 Å². The quantitative estimate of drug-likeness (QED) is 0.567. The van der Waals surface area contributed by atoms with Gasteiger partial charge in [0.2, 0.25) is 11.8 Å². The van der Waals surface area contributed by atoms with Gasteiger partial charge in [0.05, 0.1) is 22.8 Å². The van der Waals surface area contributed by atoms with Crippen molar-refractivity contribution >= 4 is 39.1 Å². The highest BCUT2D eigenvalue weighted by Crippen LogP contribution is 2.30. The Hall–Kier alpha value is -2.81. The number of fused-ring (bicyclic) bond motifs is 1. The second-order valence-electron chi connectivity index (χ2n) is 9.52. The molecule has 35 heavy (non-hydrogen) atoms. The van der Waals surface area contributed by atoms with E-state index in [0.717, 1.165) is 55.2 Å². The number of thiazole rings is 1. The van der Waals surface area contributed by atoms with E-state index < -0.39 is 0 Å². The number of para-hydroxylation sites is 2. The van der Waals surface area contributed by atoms with Crippen molar-refractivity contribution in [1.29, 1.82) is 0 Å². The van der Waals surface area contributed by atoms with Crippen molar-refractivity contribution < 1.29 is 9.59 Å². The maximum absolute atomic E-state index is 12.9. The molecule has 0 radical (unpaired) electrons. The molecule has 3 aromatic rings. The summed E-state index contributed by atoms with van der Waals surface area (Å²) in [4.78, 5) is 37.0. The van der Waals surface area contributed by atoms with Crippen molar-refractivity contribution in [3.05, 3.63) is 59.6 Å². The Morgan fingerprint density at radius 1 is 0.971 bits per heavy atom. The van der Waals surface area contributed by atoms with Crippen LogP contribution >= 0.6 is 11.3 Å². The largest absolute Gasteiger partial charge is 0.342 e. The van der Waals surface area contributed by atoms with Gasteiger partial charge >= 0.3 is 0 Å². The molecule has 1 aromatic heterocycles. The number of carbonyl (C=O) groups excluding carboxylic acids is 2. The molecule has 0 spiro atoms. The first kappa shape index (κ1) is 23.9. The molecule has 8 heteroatoms. The number of amides is 2. The Balaban J connectivity index is 1.05. The summed E-state index contributed by atoms with van der Waals surface area (Å²) in [5.41, 5.74) is 1.90. The summed E-state index contributed by atoms with van der Waals surface area (Å²) < 4.78 is 1.24. The van der Waals surface area contributed by atoms with Gasteiger partial charge in [0, 0.05) is 50.9 Å². The molecule has 1 N–H and O–H groups in total. The Morgan fingerprint density at radius 2 is 1.66 bits per heavy atom. The van der Waals surface area contributed by atoms with E-state index in [1.165, 1.54) is 4.70 Å². The van der Waals surface area contributed by atoms with Crippen molar-refractivity contribution in [2.75, 3.05) is 51.1 Å². The second kappa shape index (κ2) is 10.8. The maximum Gasteiger partial charge on any atom is 0.236 e. The van der Waals surface area contributed by atoms with Crippen LogP contribution in [0.25, 0.3) is 10.2 Å². The number of piperidine rings is 1. The lowest BCUT2D eigenvalue weighted by Crippen LogP contribution is -2.51. The zero-order valence-electron chi connectivity index (χ0n) is 20.2. The third kappa shape index (κ3) is 5.72. The van der Waals surface area contributed by atoms with Crippen LogP contribution in [0.15, 0.2) is 54.6 Å². The van der Waals surface area contributed by atoms with E-state index >= 15 is 0 Å². The zero-order chi connectivity index (χ0) is 24.2. The molecule has 2 aliphatic heterocycles. The number of rotatable bonds is 6. The molecule has 184 valence electrons. The Morgan fingerprint density at radius 3 is 2.37 bits per heavy atom. The molecule has 2 amide bonds. The van der Waals surface area contributed by atoms with Crippen molar-refractivity contribution in [1.82, 2.24) is 19.7 Å². The number of nitrogens with zero attached hydrogens (tertiary/aromatic N) is 4. The topological polar surface area (TPSA) is 68.8 Å². The SMILES string of the molecule is CC(c1nc2ccccc2s1)N1CCN(CC(=O)N2CCC(C(=O)Nc3ccccc3)CC2)CC1. The van der Waals surface area contributed by atoms with E-state index in [1.54, 1.807) is 11.3 Å². The summed E-state index contributed by atoms with van der Waals surface area (Å²) in [6.45, 7) is 7.65. The highest BCUT2D eigenvalue weighted by Gasteiger charge is 2.30. The predicted octanol–water partition coefficient (Wildman–Crippen LogP) is 3.85. The number of anilines is 1. The molecule has 3 heterocycles. The average molecular weight is 492 g/mol. The van der Waals surface area contributed by atoms with Gasteiger partial charge in [-0.3, -0.25) is 19.4 Å². The first-order chi connectivity index (χ1) is 17.1. The average Bonchev–Trinajstić information content (AvgIpc) is 3.34. The molecule has 2 aromatic carbocycles. The molecule has 2 aliphatic rings. The zero-order valence-corrected chi connectivity index (χ0v) is 21.0. The monoisotopic (exact) mass is 491 g/mol. The van der Waals surface area contributed by atoms with Crippen LogP contribution in [0.5, 0.6) is 0 Å². The van der Waals surface area contributed by atoms with Gasteiger partial charge in [0.15, 0.2) is 0 Å². The molecule has 5 rings (SSSR count). The summed E-state index contributed by atoms with van der Waals surface area (Å²) in [6.07, 6.45) is 1.44. The van der Waals surface area contributed by atoms with Crippen molar-refractivity contribution in [2.45, 2.75) is 25.8 Å². The number of likely N-dealkylation sites (tertiary alicyclic amines) is 1. The number of nitrogens with one attached hydrogen (secondary N) is 1. The van der Waals surface area contributed by atoms with Gasteiger partial charge in [-0.25, -0.2) is 4.98 Å². The molecule has 1 atom stereocenters. The van der Waals surface area contributed by atoms with E-state index in [4.69, 9.17) is 4.98 Å². The number of carbonyl (C=O) groups is 2. The number of hydrogen-bond acceptors (Lipinski definition) is 6. The minimum absolute atomic E-state index is 0.0354. The first-order valence-corrected chi connectivity index (χ1v) is 13.3. The van der Waals surface area contributed by atoms with Crippen molar-refractivity contribution in [3.8, 4) is 0 Å². The summed E-state index contributed by atoms with van der Waals surface area (Å²) in [7, 11) is 0. The first-order valence-electron chi connectivity index (χ1n) is 12.5. The lowest BCUT2D eigenvalue weighted by molar-refractivity contribution is -0.136. The third-order valence-corrected chi connectivity index (χ3v) is 8.45. The van der Waals surface area contributed by atoms with Crippen LogP contribution in [-0.2, 0) is 9.59 Å². The maximum atomic E-state index is 12.9. The number of piperazine rings is 1. The molecule has 2 saturated heterocycles. The highest BCUT2D eigenvalue weighted by molar-refractivity contribution is 7.18. The minimum Gasteiger partial charge on any atom is -0.342 e. The van der Waals surface area contributed by atoms with Crippen molar-refractivity contribution in [2.24, 2.45) is 5.92 Å². The van der Waals surface area contributed by atoms with Gasteiger partial charge in [0.25, 0.3) is 0 Å². The number of aromatic nitrogens is 1. The molecule has 7 nitrogen and oxygen atoms in total. The van der Waals surface area contributed by atoms with Gasteiger partial charge in [0.1, 0.15) is 5.01 Å². The Kier molecular flexibility index (Phi) is 7.41. The fourth-order valence-corrected chi connectivity index (χ4v) is 6.04. The van der Waals surface area contributed by atoms with Gasteiger partial charge in [-0.05, 0) is 44.0 Å². The molecule has 1 unspecified atom stereocenters. The smallest absolute Gasteiger partial charge is 0.236 e. The summed E-state index contributed by atoms with van der Waals surface area (Å²) in [5.74, 6) is 0.202. The number of hydrogen-bond donors (Lipinski definition) is 1. The molecule has 0 bridgehead atoms. The normalized spacial score (nSPS) is 19.1. The molecule has 0 aliphatic carbocycles. The Labute approximate surface area is 210 Å². The minimum atomic E-state index is -0.0354. The van der Waals surface area contributed by atoms with E-state index in [0.29, 0.717) is 19.6 Å². The Bertz CT molecular complexity index is 1120. The fourth-order valence-electron chi connectivity index (χ4n) is 4.98. The summed E-state index contributed by atoms with van der Waals surface area (Å²) >= 11 is 1.78. The van der Waals surface area contributed by atoms with Crippen LogP contribution in [0.4, 0.5) is 5.69 Å². The van der Waals surface area contributed by atoms with Crippen LogP contribution in [0, 0.1) is 5.92 Å². The lowest BCUT2D eigenvalue weighted by atomic mass is 9.95. The third-order valence-electron chi connectivity index (χ3n) is 7.24. The standard InChI is InChI=1S/C27H33N5O2S/c1-20(27-29-23-9-5-6-10-24(23)35-27)31-17-15-30(16-18-31)19-25(33)32-13-11-21(12-14-32)26(34)28-22-7-3-2-4-8-22/h2-10,20-21H,11-19H2,1H3,(H,28,34). The fraction of sp³-hybridized carbons (Fsp3) is 0.444. The van der Waals surface area contributed by atoms with Crippen LogP contribution in [0.3, 0.4) is 0 Å². The van der Waals surface area contributed by atoms with Gasteiger partial charge in [-0.2, -0.15) is 0 Å². The predicted molar refractivity (Wildman–Crippen MR) is 140 cm³/mol. The molecule has 0 saturated carbocycles. The van der Waals surface area contributed by atoms with E-state index in [2.05, 4.69) is 40.2 Å². The molecular weight excluding hydrogens is 458 g/mol. The van der Waals surface area contributed by atoms with Crippen LogP contribution in [-0.4, -0.2) is 77.3 Å². The van der Waals surface area contributed by atoms with Gasteiger partial charge in [-0.15, -0.1) is 11.3 Å². The molecule has 2 fully saturated rings. The summed E-state index contributed by atoms with van der Waals surface area (Å²) in [6, 6.07) is 18.1. The van der Waals surface area contributed by atoms with E-state index in [-0.39, 0.29) is 23.8 Å². The van der Waals surface area contributed by atoms with Gasteiger partial charge < -0.3 is 10.2 Å². The van der Waals surface area contributed by atoms with E-state index in [1.807, 2.05) is 41.3 Å². The highest BCUT2D eigenvalue weighted by atomic mass is 32.1. The second-order valence-corrected chi connectivity index (χ2v) is 10.6. The molecular formula is C27H33N5O2S. The summed E-state index contributed by atoms with van der Waals surface area (Å²) in [5, 5.41) is 4.16. The van der Waals surface area contributed by atoms with Crippen molar-refractivity contribution in [3.63, 3.8) is 0 Å². The van der Waals surface area contributed by atoms with Crippen LogP contribution < -0.4 is 5.32 Å². The lowest BCUT2D eigenvalue weighted by Gasteiger charge is -2.38. The number of benzene rings is 2. The van der Waals surface area contributed by atoms with Crippen LogP contribution in [0.1, 0.15) is 30.8 Å². The van der Waals surface area contributed by atoms with E-state index in [9.17, 15) is 9.59 Å².